The summed E-state index contributed by atoms with van der Waals surface area (Å²) in [6.45, 7) is 9.03. The highest BCUT2D eigenvalue weighted by Crippen LogP contribution is 2.28. The third-order valence-corrected chi connectivity index (χ3v) is 3.25. The summed E-state index contributed by atoms with van der Waals surface area (Å²) in [7, 11) is 2.19. The van der Waals surface area contributed by atoms with Gasteiger partial charge in [-0.1, -0.05) is 31.5 Å². The molecule has 0 radical (unpaired) electrons. The molecule has 1 aromatic rings. The van der Waals surface area contributed by atoms with Crippen LogP contribution in [0.15, 0.2) is 24.3 Å². The minimum atomic E-state index is 0.237. The van der Waals surface area contributed by atoms with Crippen molar-refractivity contribution in [2.45, 2.75) is 46.1 Å². The van der Waals surface area contributed by atoms with E-state index >= 15 is 0 Å². The summed E-state index contributed by atoms with van der Waals surface area (Å²) >= 11 is 0. The number of para-hydroxylation sites is 1. The molecule has 0 spiro atoms. The normalized spacial score (nSPS) is 11.5. The highest BCUT2D eigenvalue weighted by Gasteiger charge is 2.23. The Bertz CT molecular complexity index is 315. The molecule has 0 N–H and O–H groups in total. The van der Waals surface area contributed by atoms with Crippen LogP contribution in [0.25, 0.3) is 0 Å². The van der Waals surface area contributed by atoms with Crippen LogP contribution < -0.4 is 4.90 Å². The fourth-order valence-corrected chi connectivity index (χ4v) is 2.05. The van der Waals surface area contributed by atoms with Crippen molar-refractivity contribution in [3.63, 3.8) is 0 Å². The molecule has 0 fully saturated rings. The van der Waals surface area contributed by atoms with Crippen LogP contribution in [-0.4, -0.2) is 12.6 Å². The van der Waals surface area contributed by atoms with Crippen LogP contribution in [0.4, 0.5) is 5.69 Å². The number of aryl methyl sites for hydroxylation is 1. The second-order valence-electron chi connectivity index (χ2n) is 4.91. The lowest BCUT2D eigenvalue weighted by Crippen LogP contribution is -2.41. The van der Waals surface area contributed by atoms with Crippen molar-refractivity contribution in [3.8, 4) is 0 Å². The maximum atomic E-state index is 2.39. The maximum Gasteiger partial charge on any atom is 0.0397 e. The minimum Gasteiger partial charge on any atom is -0.369 e. The first-order chi connectivity index (χ1) is 6.99. The topological polar surface area (TPSA) is 3.24 Å². The van der Waals surface area contributed by atoms with Gasteiger partial charge in [0.05, 0.1) is 0 Å². The summed E-state index contributed by atoms with van der Waals surface area (Å²) in [6.07, 6.45) is 2.45. The Morgan fingerprint density at radius 1 is 1.20 bits per heavy atom. The third kappa shape index (κ3) is 2.74. The molecule has 0 saturated carbocycles. The van der Waals surface area contributed by atoms with Crippen molar-refractivity contribution in [2.24, 2.45) is 0 Å². The lowest BCUT2D eigenvalue weighted by molar-refractivity contribution is 0.443. The van der Waals surface area contributed by atoms with Crippen molar-refractivity contribution in [2.75, 3.05) is 11.9 Å². The highest BCUT2D eigenvalue weighted by atomic mass is 15.2. The number of nitrogens with zero attached hydrogens (tertiary/aromatic N) is 1. The molecule has 0 aliphatic rings. The van der Waals surface area contributed by atoms with Crippen LogP contribution in [0, 0.1) is 6.92 Å². The number of anilines is 1. The van der Waals surface area contributed by atoms with E-state index in [4.69, 9.17) is 0 Å². The zero-order valence-corrected chi connectivity index (χ0v) is 10.7. The number of hydrogen-bond acceptors (Lipinski definition) is 1. The van der Waals surface area contributed by atoms with E-state index in [1.807, 2.05) is 0 Å². The Kier molecular flexibility index (Phi) is 3.78. The summed E-state index contributed by atoms with van der Waals surface area (Å²) in [4.78, 5) is 2.39. The Morgan fingerprint density at radius 3 is 2.33 bits per heavy atom. The fraction of sp³-hybridized carbons (Fsp3) is 0.571. The molecule has 0 atom stereocenters. The largest absolute Gasteiger partial charge is 0.369 e. The van der Waals surface area contributed by atoms with Gasteiger partial charge in [-0.05, 0) is 38.8 Å². The van der Waals surface area contributed by atoms with E-state index in [0.717, 1.165) is 0 Å². The third-order valence-electron chi connectivity index (χ3n) is 3.25. The van der Waals surface area contributed by atoms with Crippen molar-refractivity contribution >= 4 is 5.69 Å². The van der Waals surface area contributed by atoms with Crippen LogP contribution in [0.3, 0.4) is 0 Å². The molecular weight excluding hydrogens is 182 g/mol. The molecule has 1 rings (SSSR count). The van der Waals surface area contributed by atoms with Gasteiger partial charge < -0.3 is 4.90 Å². The number of hydrogen-bond donors (Lipinski definition) is 0. The van der Waals surface area contributed by atoms with E-state index in [1.54, 1.807) is 0 Å². The monoisotopic (exact) mass is 205 g/mol. The number of rotatable bonds is 4. The molecule has 0 saturated heterocycles. The van der Waals surface area contributed by atoms with Crippen LogP contribution in [0.1, 0.15) is 39.2 Å². The summed E-state index contributed by atoms with van der Waals surface area (Å²) in [5, 5.41) is 0. The molecule has 0 unspecified atom stereocenters. The second kappa shape index (κ2) is 4.69. The summed E-state index contributed by atoms with van der Waals surface area (Å²) in [5.74, 6) is 0. The smallest absolute Gasteiger partial charge is 0.0397 e. The molecule has 0 amide bonds. The molecule has 15 heavy (non-hydrogen) atoms. The van der Waals surface area contributed by atoms with Gasteiger partial charge in [0, 0.05) is 18.3 Å². The first kappa shape index (κ1) is 12.1. The van der Waals surface area contributed by atoms with Crippen molar-refractivity contribution < 1.29 is 0 Å². The molecular formula is C14H23N. The quantitative estimate of drug-likeness (QED) is 0.718. The molecule has 0 aliphatic heterocycles. The fourth-order valence-electron chi connectivity index (χ4n) is 2.05. The molecule has 0 bridgehead atoms. The maximum absolute atomic E-state index is 2.39. The molecule has 1 heteroatoms. The summed E-state index contributed by atoms with van der Waals surface area (Å²) < 4.78 is 0. The van der Waals surface area contributed by atoms with Gasteiger partial charge >= 0.3 is 0 Å². The average Bonchev–Trinajstić information content (AvgIpc) is 2.17. The van der Waals surface area contributed by atoms with Gasteiger partial charge in [-0.25, -0.2) is 0 Å². The predicted octanol–water partition coefficient (Wildman–Crippen LogP) is 4.01. The molecule has 0 heterocycles. The molecule has 0 aromatic heterocycles. The Balaban J connectivity index is 2.93. The Hall–Kier alpha value is -0.980. The molecule has 1 aromatic carbocycles. The SMILES string of the molecule is CCCC(C)(C)N(C)c1ccccc1C. The van der Waals surface area contributed by atoms with Crippen molar-refractivity contribution in [1.29, 1.82) is 0 Å². The molecule has 0 aliphatic carbocycles. The Labute approximate surface area is 94.1 Å². The van der Waals surface area contributed by atoms with Crippen molar-refractivity contribution in [3.05, 3.63) is 29.8 Å². The van der Waals surface area contributed by atoms with Gasteiger partial charge in [0.15, 0.2) is 0 Å². The van der Waals surface area contributed by atoms with Crippen LogP contribution in [-0.2, 0) is 0 Å². The van der Waals surface area contributed by atoms with E-state index in [9.17, 15) is 0 Å². The van der Waals surface area contributed by atoms with Crippen LogP contribution >= 0.6 is 0 Å². The van der Waals surface area contributed by atoms with E-state index < -0.39 is 0 Å². The van der Waals surface area contributed by atoms with Gasteiger partial charge in [0.25, 0.3) is 0 Å². The molecule has 84 valence electrons. The van der Waals surface area contributed by atoms with Gasteiger partial charge in [-0.3, -0.25) is 0 Å². The van der Waals surface area contributed by atoms with Crippen molar-refractivity contribution in [1.82, 2.24) is 0 Å². The van der Waals surface area contributed by atoms with Gasteiger partial charge in [-0.15, -0.1) is 0 Å². The predicted molar refractivity (Wildman–Crippen MR) is 68.6 cm³/mol. The molecule has 1 nitrogen and oxygen atoms in total. The number of benzene rings is 1. The first-order valence-corrected chi connectivity index (χ1v) is 5.78. The summed E-state index contributed by atoms with van der Waals surface area (Å²) in [6, 6.07) is 8.58. The zero-order chi connectivity index (χ0) is 11.5. The van der Waals surface area contributed by atoms with Gasteiger partial charge in [0.2, 0.25) is 0 Å². The van der Waals surface area contributed by atoms with E-state index in [2.05, 4.69) is 63.9 Å². The van der Waals surface area contributed by atoms with Crippen LogP contribution in [0.2, 0.25) is 0 Å². The van der Waals surface area contributed by atoms with E-state index in [1.165, 1.54) is 24.1 Å². The van der Waals surface area contributed by atoms with E-state index in [0.29, 0.717) is 0 Å². The minimum absolute atomic E-state index is 0.237. The average molecular weight is 205 g/mol. The van der Waals surface area contributed by atoms with E-state index in [-0.39, 0.29) is 5.54 Å². The Morgan fingerprint density at radius 2 is 1.80 bits per heavy atom. The standard InChI is InChI=1S/C14H23N/c1-6-11-14(3,4)15(5)13-10-8-7-9-12(13)2/h7-10H,6,11H2,1-5H3. The first-order valence-electron chi connectivity index (χ1n) is 5.78. The lowest BCUT2D eigenvalue weighted by Gasteiger charge is -2.38. The summed E-state index contributed by atoms with van der Waals surface area (Å²) in [5.41, 5.74) is 2.93. The van der Waals surface area contributed by atoms with Gasteiger partial charge in [-0.2, -0.15) is 0 Å². The lowest BCUT2D eigenvalue weighted by atomic mass is 9.95. The van der Waals surface area contributed by atoms with Gasteiger partial charge in [0.1, 0.15) is 0 Å². The second-order valence-corrected chi connectivity index (χ2v) is 4.91. The van der Waals surface area contributed by atoms with Crippen LogP contribution in [0.5, 0.6) is 0 Å². The zero-order valence-electron chi connectivity index (χ0n) is 10.7. The highest BCUT2D eigenvalue weighted by molar-refractivity contribution is 5.54.